The molecule has 5 rings (SSSR count). The second-order valence-electron chi connectivity index (χ2n) is 8.09. The normalized spacial score (nSPS) is 19.1. The van der Waals surface area contributed by atoms with Crippen LogP contribution in [0.5, 0.6) is 0 Å². The van der Waals surface area contributed by atoms with Crippen molar-refractivity contribution in [2.75, 3.05) is 5.73 Å². The number of imidazole rings is 1. The van der Waals surface area contributed by atoms with E-state index in [2.05, 4.69) is 19.9 Å². The van der Waals surface area contributed by atoms with Crippen molar-refractivity contribution in [2.45, 2.75) is 38.1 Å². The third kappa shape index (κ3) is 4.60. The van der Waals surface area contributed by atoms with E-state index in [1.807, 2.05) is 16.7 Å². The molecule has 3 N–H and O–H groups in total. The Hall–Kier alpha value is -2.55. The molecule has 0 amide bonds. The molecule has 4 aromatic rings. The maximum absolute atomic E-state index is 13.0. The van der Waals surface area contributed by atoms with Crippen LogP contribution in [0.15, 0.2) is 24.5 Å². The van der Waals surface area contributed by atoms with Gasteiger partial charge in [-0.05, 0) is 0 Å². The van der Waals surface area contributed by atoms with Gasteiger partial charge < -0.3 is 0 Å². The molecule has 0 radical (unpaired) electrons. The summed E-state index contributed by atoms with van der Waals surface area (Å²) in [4.78, 5) is 41.2. The average Bonchev–Trinajstić information content (AvgIpc) is 3.36. The number of benzene rings is 1. The van der Waals surface area contributed by atoms with Crippen LogP contribution in [0, 0.1) is 5.92 Å². The van der Waals surface area contributed by atoms with E-state index in [1.165, 1.54) is 11.3 Å². The van der Waals surface area contributed by atoms with Gasteiger partial charge in [0.15, 0.2) is 0 Å². The van der Waals surface area contributed by atoms with Gasteiger partial charge >= 0.3 is 205 Å². The summed E-state index contributed by atoms with van der Waals surface area (Å²) in [6.45, 7) is 0. The molecule has 3 heterocycles. The van der Waals surface area contributed by atoms with Crippen molar-refractivity contribution in [1.82, 2.24) is 24.5 Å². The molecule has 1 aliphatic rings. The number of rotatable bonds is 6. The Balaban J connectivity index is 1.24. The summed E-state index contributed by atoms with van der Waals surface area (Å²) in [5, 5.41) is 9.09. The molecule has 1 aliphatic carbocycles. The van der Waals surface area contributed by atoms with Gasteiger partial charge in [0.05, 0.1) is 0 Å². The number of thiazole rings is 1. The van der Waals surface area contributed by atoms with E-state index in [-0.39, 0.29) is 29.5 Å². The molecule has 1 atom stereocenters. The van der Waals surface area contributed by atoms with Gasteiger partial charge in [0, 0.05) is 0 Å². The predicted octanol–water partition coefficient (Wildman–Crippen LogP) is 2.32. The molecule has 0 bridgehead atoms. The van der Waals surface area contributed by atoms with Crippen molar-refractivity contribution in [3.63, 3.8) is 0 Å². The zero-order valence-electron chi connectivity index (χ0n) is 17.4. The van der Waals surface area contributed by atoms with Gasteiger partial charge in [-0.2, -0.15) is 0 Å². The molecule has 33 heavy (non-hydrogen) atoms. The molecule has 0 spiro atoms. The van der Waals surface area contributed by atoms with Crippen molar-refractivity contribution in [1.29, 1.82) is 0 Å². The zero-order chi connectivity index (χ0) is 23.1. The molecule has 1 fully saturated rings. The summed E-state index contributed by atoms with van der Waals surface area (Å²) < 4.78 is 4.16. The number of aromatic nitrogens is 5. The van der Waals surface area contributed by atoms with Crippen LogP contribution >= 0.6 is 22.9 Å². The first-order valence-corrected chi connectivity index (χ1v) is 13.7. The Kier molecular flexibility index (Phi) is 6.07. The van der Waals surface area contributed by atoms with Crippen molar-refractivity contribution in [3.8, 4) is 0 Å². The molecular formula is C21H20AsClN6O3S. The molecule has 0 saturated heterocycles. The first kappa shape index (κ1) is 22.3. The fraction of sp³-hybridized carbons (Fsp3) is 0.333. The van der Waals surface area contributed by atoms with E-state index in [4.69, 9.17) is 22.4 Å². The fourth-order valence-corrected chi connectivity index (χ4v) is 8.69. The number of carboxylic acid groups (broad SMARTS) is 1. The van der Waals surface area contributed by atoms with Crippen LogP contribution in [0.3, 0.4) is 0 Å². The Bertz CT molecular complexity index is 1380. The summed E-state index contributed by atoms with van der Waals surface area (Å²) in [7, 11) is 0. The summed E-state index contributed by atoms with van der Waals surface area (Å²) in [6.07, 6.45) is 5.05. The summed E-state index contributed by atoms with van der Waals surface area (Å²) in [5.74, 6) is -0.543. The van der Waals surface area contributed by atoms with Crippen molar-refractivity contribution in [2.24, 2.45) is 5.92 Å². The minimum absolute atomic E-state index is 0.0152. The predicted molar refractivity (Wildman–Crippen MR) is 128 cm³/mol. The molecular weight excluding hydrogens is 527 g/mol. The van der Waals surface area contributed by atoms with Gasteiger partial charge in [-0.1, -0.05) is 0 Å². The number of nitrogens with zero attached hydrogens (tertiary/aromatic N) is 5. The number of anilines is 1. The van der Waals surface area contributed by atoms with E-state index in [9.17, 15) is 9.59 Å². The second-order valence-corrected chi connectivity index (χ2v) is 12.8. The number of hydrogen-bond acceptors (Lipinski definition) is 8. The van der Waals surface area contributed by atoms with E-state index in [1.54, 1.807) is 12.4 Å². The third-order valence-electron chi connectivity index (χ3n) is 5.92. The van der Waals surface area contributed by atoms with Crippen molar-refractivity contribution < 1.29 is 14.7 Å². The summed E-state index contributed by atoms with van der Waals surface area (Å²) >= 11 is 6.48. The van der Waals surface area contributed by atoms with Crippen LogP contribution in [0.2, 0.25) is 5.28 Å². The van der Waals surface area contributed by atoms with Gasteiger partial charge in [0.25, 0.3) is 0 Å². The fourth-order valence-electron chi connectivity index (χ4n) is 4.31. The zero-order valence-corrected chi connectivity index (χ0v) is 21.0. The molecule has 1 aromatic carbocycles. The number of fused-ring (bicyclic) bond motifs is 2. The van der Waals surface area contributed by atoms with Crippen molar-refractivity contribution in [3.05, 3.63) is 35.4 Å². The van der Waals surface area contributed by atoms with Gasteiger partial charge in [0.2, 0.25) is 0 Å². The van der Waals surface area contributed by atoms with Gasteiger partial charge in [-0.25, -0.2) is 0 Å². The van der Waals surface area contributed by atoms with Crippen LogP contribution in [-0.2, 0) is 16.0 Å². The van der Waals surface area contributed by atoms with E-state index < -0.39 is 21.7 Å². The van der Waals surface area contributed by atoms with E-state index >= 15 is 0 Å². The molecule has 12 heteroatoms. The molecule has 1 saturated carbocycles. The molecule has 0 aliphatic heterocycles. The summed E-state index contributed by atoms with van der Waals surface area (Å²) in [6, 6.07) is 5.69. The Morgan fingerprint density at radius 2 is 2.00 bits per heavy atom. The molecule has 3 aromatic heterocycles. The van der Waals surface area contributed by atoms with Crippen molar-refractivity contribution >= 4 is 80.2 Å². The first-order valence-electron chi connectivity index (χ1n) is 10.4. The standard InChI is InChI=1S/C21H20AsClN6O3S/c23-21-27-18(24)16-19(28-21)29(9-25-16)12-4-2-11(3-5-12)17(32)22-20-26-13-6-1-10(8-15(30)31)7-14(13)33-20/h1,6-7,9,11-12,22H,2-5,8H2,(H,30,31)(H2,24,27,28)/t11-,12+. The number of nitrogen functional groups attached to an aromatic ring is 1. The summed E-state index contributed by atoms with van der Waals surface area (Å²) in [5.41, 5.74) is 8.66. The Labute approximate surface area is 204 Å². The second kappa shape index (κ2) is 9.00. The average molecular weight is 547 g/mol. The molecule has 9 nitrogen and oxygen atoms in total. The molecule has 170 valence electrons. The van der Waals surface area contributed by atoms with Crippen LogP contribution in [0.4, 0.5) is 5.82 Å². The van der Waals surface area contributed by atoms with Gasteiger partial charge in [-0.3, -0.25) is 0 Å². The van der Waals surface area contributed by atoms with Gasteiger partial charge in [0.1, 0.15) is 0 Å². The maximum atomic E-state index is 13.0. The number of carbonyl (C=O) groups is 2. The topological polar surface area (TPSA) is 137 Å². The number of carbonyl (C=O) groups excluding carboxylic acids is 1. The Morgan fingerprint density at radius 1 is 1.21 bits per heavy atom. The quantitative estimate of drug-likeness (QED) is 0.278. The third-order valence-corrected chi connectivity index (χ3v) is 10.2. The molecule has 1 unspecified atom stereocenters. The number of nitrogens with two attached hydrogens (primary N) is 1. The first-order chi connectivity index (χ1) is 15.9. The van der Waals surface area contributed by atoms with Crippen LogP contribution in [0.25, 0.3) is 21.4 Å². The van der Waals surface area contributed by atoms with Crippen LogP contribution in [0.1, 0.15) is 37.3 Å². The van der Waals surface area contributed by atoms with Crippen LogP contribution < -0.4 is 9.53 Å². The SMILES string of the molecule is Nc1nc(Cl)nc2c1ncn2[C@H]1CC[C@@H](C(=O)[AsH]c2nc3ccc(CC(=O)O)cc3s2)CC1. The number of aliphatic carboxylic acids is 1. The number of halogens is 1. The monoisotopic (exact) mass is 546 g/mol. The van der Waals surface area contributed by atoms with E-state index in [0.717, 1.165) is 45.3 Å². The number of carboxylic acids is 1. The Morgan fingerprint density at radius 3 is 2.76 bits per heavy atom. The minimum atomic E-state index is -1.01. The number of hydrogen-bond donors (Lipinski definition) is 2. The van der Waals surface area contributed by atoms with E-state index in [0.29, 0.717) is 15.7 Å². The van der Waals surface area contributed by atoms with Crippen LogP contribution in [-0.4, -0.2) is 55.9 Å². The van der Waals surface area contributed by atoms with Gasteiger partial charge in [-0.15, -0.1) is 0 Å².